The lowest BCUT2D eigenvalue weighted by Crippen LogP contribution is -2.29. The van der Waals surface area contributed by atoms with Crippen LogP contribution in [-0.2, 0) is 6.42 Å². The van der Waals surface area contributed by atoms with Crippen molar-refractivity contribution in [3.05, 3.63) is 94.0 Å². The number of carbonyl (C=O) groups excluding carboxylic acids is 1. The maximum atomic E-state index is 13.2. The molecule has 150 valence electrons. The lowest BCUT2D eigenvalue weighted by Gasteiger charge is -2.21. The van der Waals surface area contributed by atoms with Crippen molar-refractivity contribution in [3.63, 3.8) is 0 Å². The fraction of sp³-hybridized carbons (Fsp3) is 0.0909. The molecule has 4 aromatic rings. The highest BCUT2D eigenvalue weighted by molar-refractivity contribution is 6.32. The van der Waals surface area contributed by atoms with Crippen LogP contribution in [0.5, 0.6) is 0 Å². The summed E-state index contributed by atoms with van der Waals surface area (Å²) in [6.07, 6.45) is 2.01. The number of aromatic amines is 1. The summed E-state index contributed by atoms with van der Waals surface area (Å²) in [7, 11) is 0. The summed E-state index contributed by atoms with van der Waals surface area (Å²) in [6.45, 7) is 5.69. The average Bonchev–Trinajstić information content (AvgIpc) is 3.20. The van der Waals surface area contributed by atoms with Gasteiger partial charge in [0.15, 0.2) is 5.82 Å². The quantitative estimate of drug-likeness (QED) is 0.528. The third-order valence-electron chi connectivity index (χ3n) is 4.71. The van der Waals surface area contributed by atoms with E-state index in [1.54, 1.807) is 18.2 Å². The third-order valence-corrected chi connectivity index (χ3v) is 5.06. The van der Waals surface area contributed by atoms with Crippen molar-refractivity contribution in [3.8, 4) is 11.4 Å². The van der Waals surface area contributed by atoms with Gasteiger partial charge < -0.3 is 0 Å². The Morgan fingerprint density at radius 1 is 1.20 bits per heavy atom. The highest BCUT2D eigenvalue weighted by Gasteiger charge is 2.22. The first-order chi connectivity index (χ1) is 14.5. The molecule has 2 aromatic heterocycles. The van der Waals surface area contributed by atoms with Crippen LogP contribution in [0.2, 0.25) is 5.02 Å². The van der Waals surface area contributed by atoms with Gasteiger partial charge in [-0.1, -0.05) is 61.5 Å². The minimum Gasteiger partial charge on any atom is -0.283 e. The van der Waals surface area contributed by atoms with E-state index in [4.69, 9.17) is 11.6 Å². The third kappa shape index (κ3) is 3.40. The first kappa shape index (κ1) is 19.6. The fourth-order valence-electron chi connectivity index (χ4n) is 3.25. The van der Waals surface area contributed by atoms with Gasteiger partial charge in [-0.25, -0.2) is 4.98 Å². The zero-order valence-corrected chi connectivity index (χ0v) is 16.9. The maximum Gasteiger partial charge on any atom is 0.281 e. The van der Waals surface area contributed by atoms with E-state index < -0.39 is 11.5 Å². The lowest BCUT2D eigenvalue weighted by molar-refractivity contribution is 0.0993. The van der Waals surface area contributed by atoms with Crippen LogP contribution >= 0.6 is 11.6 Å². The highest BCUT2D eigenvalue weighted by Crippen LogP contribution is 2.29. The molecule has 1 N–H and O–H groups in total. The number of fused-ring (bicyclic) bond motifs is 1. The molecule has 0 bridgehead atoms. The van der Waals surface area contributed by atoms with Crippen molar-refractivity contribution in [2.24, 2.45) is 0 Å². The summed E-state index contributed by atoms with van der Waals surface area (Å²) in [6, 6.07) is 15.8. The molecule has 0 aliphatic rings. The van der Waals surface area contributed by atoms with E-state index in [1.807, 2.05) is 37.3 Å². The number of H-pyrrole nitrogens is 1. The molecule has 0 atom stereocenters. The van der Waals surface area contributed by atoms with Crippen LogP contribution in [0.25, 0.3) is 17.2 Å². The van der Waals surface area contributed by atoms with Gasteiger partial charge in [0.25, 0.3) is 17.2 Å². The molecule has 7 nitrogen and oxygen atoms in total. The average molecular weight is 420 g/mol. The van der Waals surface area contributed by atoms with Gasteiger partial charge in [0.05, 0.1) is 5.69 Å². The number of hydrogen-bond acceptors (Lipinski definition) is 4. The summed E-state index contributed by atoms with van der Waals surface area (Å²) in [5, 5.41) is 3.47. The van der Waals surface area contributed by atoms with Crippen LogP contribution in [0.3, 0.4) is 0 Å². The first-order valence-corrected chi connectivity index (χ1v) is 9.70. The number of nitrogens with one attached hydrogen (secondary N) is 1. The summed E-state index contributed by atoms with van der Waals surface area (Å²) in [5.41, 5.74) is 1.72. The molecule has 8 heteroatoms. The van der Waals surface area contributed by atoms with E-state index in [-0.39, 0.29) is 11.5 Å². The first-order valence-electron chi connectivity index (χ1n) is 9.32. The second-order valence-electron chi connectivity index (χ2n) is 6.50. The van der Waals surface area contributed by atoms with Gasteiger partial charge >= 0.3 is 0 Å². The lowest BCUT2D eigenvalue weighted by atomic mass is 10.1. The second kappa shape index (κ2) is 7.96. The van der Waals surface area contributed by atoms with E-state index in [0.717, 1.165) is 11.1 Å². The molecule has 0 radical (unpaired) electrons. The summed E-state index contributed by atoms with van der Waals surface area (Å²) < 4.78 is 1.20. The largest absolute Gasteiger partial charge is 0.283 e. The second-order valence-corrected chi connectivity index (χ2v) is 6.91. The zero-order chi connectivity index (χ0) is 21.3. The molecule has 1 amide bonds. The Bertz CT molecular complexity index is 1310. The molecule has 0 aliphatic heterocycles. The topological polar surface area (TPSA) is 83.4 Å². The molecular weight excluding hydrogens is 402 g/mol. The predicted octanol–water partition coefficient (Wildman–Crippen LogP) is 4.09. The molecule has 0 fully saturated rings. The number of anilines is 1. The summed E-state index contributed by atoms with van der Waals surface area (Å²) in [5.74, 6) is 0.0924. The van der Waals surface area contributed by atoms with Gasteiger partial charge in [-0.15, -0.1) is 0 Å². The Labute approximate surface area is 177 Å². The molecule has 0 spiro atoms. The number of amides is 1. The molecule has 0 aliphatic carbocycles. The fourth-order valence-corrected chi connectivity index (χ4v) is 3.56. The van der Waals surface area contributed by atoms with Gasteiger partial charge in [0.1, 0.15) is 5.69 Å². The standard InChI is InChI=1S/C22H18ClN5O2/c1-3-15-16(23)11-8-12-18(15)27(4-2)21(30)17-13-19(29)28-22(24-17)25-20(26-28)14-9-6-5-7-10-14/h4-13H,2-3H2,1H3,(H,24,25,26). The van der Waals surface area contributed by atoms with E-state index >= 15 is 0 Å². The Kier molecular flexibility index (Phi) is 5.20. The van der Waals surface area contributed by atoms with Gasteiger partial charge in [0, 0.05) is 22.9 Å². The highest BCUT2D eigenvalue weighted by atomic mass is 35.5. The smallest absolute Gasteiger partial charge is 0.281 e. The number of carbonyl (C=O) groups is 1. The molecule has 2 heterocycles. The molecule has 30 heavy (non-hydrogen) atoms. The number of hydrogen-bond donors (Lipinski definition) is 1. The van der Waals surface area contributed by atoms with E-state index in [2.05, 4.69) is 21.6 Å². The SMILES string of the molecule is C=CN(C(=O)c1cc(=O)n2[nH]c(-c3ccccc3)nc2n1)c1cccc(Cl)c1CC. The van der Waals surface area contributed by atoms with Crippen molar-refractivity contribution in [1.82, 2.24) is 19.6 Å². The molecule has 2 aromatic carbocycles. The summed E-state index contributed by atoms with van der Waals surface area (Å²) >= 11 is 6.29. The van der Waals surface area contributed by atoms with Crippen LogP contribution < -0.4 is 10.5 Å². The normalized spacial score (nSPS) is 10.9. The zero-order valence-electron chi connectivity index (χ0n) is 16.2. The monoisotopic (exact) mass is 419 g/mol. The van der Waals surface area contributed by atoms with Gasteiger partial charge in [0.2, 0.25) is 0 Å². The van der Waals surface area contributed by atoms with Crippen molar-refractivity contribution in [2.75, 3.05) is 4.90 Å². The Hall–Kier alpha value is -3.71. The minimum absolute atomic E-state index is 0.0342. The Balaban J connectivity index is 1.79. The predicted molar refractivity (Wildman–Crippen MR) is 117 cm³/mol. The number of rotatable bonds is 5. The van der Waals surface area contributed by atoms with E-state index in [9.17, 15) is 9.59 Å². The van der Waals surface area contributed by atoms with Crippen molar-refractivity contribution in [1.29, 1.82) is 0 Å². The maximum absolute atomic E-state index is 13.2. The molecular formula is C22H18ClN5O2. The van der Waals surface area contributed by atoms with Crippen LogP contribution in [0.15, 0.2) is 72.2 Å². The molecule has 0 saturated carbocycles. The number of halogens is 1. The number of benzene rings is 2. The van der Waals surface area contributed by atoms with Crippen LogP contribution in [0.1, 0.15) is 23.0 Å². The molecule has 0 saturated heterocycles. The Morgan fingerprint density at radius 2 is 1.97 bits per heavy atom. The minimum atomic E-state index is -0.495. The van der Waals surface area contributed by atoms with Crippen molar-refractivity contribution >= 4 is 29.0 Å². The van der Waals surface area contributed by atoms with E-state index in [0.29, 0.717) is 23.0 Å². The van der Waals surface area contributed by atoms with Crippen LogP contribution in [0.4, 0.5) is 5.69 Å². The van der Waals surface area contributed by atoms with Gasteiger partial charge in [-0.2, -0.15) is 9.50 Å². The van der Waals surface area contributed by atoms with Crippen molar-refractivity contribution in [2.45, 2.75) is 13.3 Å². The number of nitrogens with zero attached hydrogens (tertiary/aromatic N) is 4. The Morgan fingerprint density at radius 3 is 2.67 bits per heavy atom. The summed E-state index contributed by atoms with van der Waals surface area (Å²) in [4.78, 5) is 35.8. The van der Waals surface area contributed by atoms with E-state index in [1.165, 1.54) is 21.7 Å². The number of aromatic nitrogens is 4. The van der Waals surface area contributed by atoms with Crippen LogP contribution in [-0.4, -0.2) is 25.5 Å². The van der Waals surface area contributed by atoms with Gasteiger partial charge in [-0.3, -0.25) is 19.6 Å². The van der Waals surface area contributed by atoms with Crippen LogP contribution in [0, 0.1) is 0 Å². The molecule has 4 rings (SSSR count). The van der Waals surface area contributed by atoms with Crippen molar-refractivity contribution < 1.29 is 4.79 Å². The van der Waals surface area contributed by atoms with Gasteiger partial charge in [-0.05, 0) is 24.1 Å². The molecule has 0 unspecified atom stereocenters.